The molecule has 0 aliphatic carbocycles. The van der Waals surface area contributed by atoms with Gasteiger partial charge in [0.15, 0.2) is 0 Å². The van der Waals surface area contributed by atoms with Crippen molar-refractivity contribution in [3.05, 3.63) is 24.3 Å². The fourth-order valence-electron chi connectivity index (χ4n) is 2.55. The highest BCUT2D eigenvalue weighted by atomic mass is 35.5. The lowest BCUT2D eigenvalue weighted by molar-refractivity contribution is -0.132. The summed E-state index contributed by atoms with van der Waals surface area (Å²) in [5.74, 6) is 0.470. The Bertz CT molecular complexity index is 552. The van der Waals surface area contributed by atoms with E-state index in [-0.39, 0.29) is 49.7 Å². The van der Waals surface area contributed by atoms with Gasteiger partial charge < -0.3 is 25.6 Å². The number of nitrogens with one attached hydrogen (secondary N) is 1. The summed E-state index contributed by atoms with van der Waals surface area (Å²) in [6.07, 6.45) is 0. The van der Waals surface area contributed by atoms with Gasteiger partial charge in [0.2, 0.25) is 11.8 Å². The SMILES string of the molecule is CCOc1ccccc1N1CCN(C(=O)CNC(=O)CN)CC1.Cl.Cl. The first kappa shape index (κ1) is 23.3. The molecule has 0 spiro atoms. The van der Waals surface area contributed by atoms with Crippen LogP contribution in [0, 0.1) is 0 Å². The van der Waals surface area contributed by atoms with Crippen molar-refractivity contribution < 1.29 is 14.3 Å². The summed E-state index contributed by atoms with van der Waals surface area (Å²) < 4.78 is 5.66. The number of amides is 2. The van der Waals surface area contributed by atoms with Gasteiger partial charge in [0.1, 0.15) is 5.75 Å². The monoisotopic (exact) mass is 392 g/mol. The van der Waals surface area contributed by atoms with Crippen molar-refractivity contribution in [2.24, 2.45) is 5.73 Å². The maximum absolute atomic E-state index is 12.1. The van der Waals surface area contributed by atoms with Gasteiger partial charge in [-0.25, -0.2) is 0 Å². The molecule has 3 N–H and O–H groups in total. The average Bonchev–Trinajstić information content (AvgIpc) is 2.60. The molecular formula is C16H26Cl2N4O3. The van der Waals surface area contributed by atoms with E-state index in [2.05, 4.69) is 10.2 Å². The lowest BCUT2D eigenvalue weighted by Gasteiger charge is -2.36. The molecule has 1 heterocycles. The summed E-state index contributed by atoms with van der Waals surface area (Å²) in [6.45, 7) is 5.21. The fraction of sp³-hybridized carbons (Fsp3) is 0.500. The van der Waals surface area contributed by atoms with Crippen LogP contribution in [0.4, 0.5) is 5.69 Å². The second-order valence-corrected chi connectivity index (χ2v) is 5.25. The third kappa shape index (κ3) is 6.61. The predicted octanol–water partition coefficient (Wildman–Crippen LogP) is 0.652. The van der Waals surface area contributed by atoms with Gasteiger partial charge in [-0.2, -0.15) is 0 Å². The van der Waals surface area contributed by atoms with Crippen molar-refractivity contribution in [3.63, 3.8) is 0 Å². The zero-order valence-electron chi connectivity index (χ0n) is 14.3. The Morgan fingerprint density at radius 3 is 2.40 bits per heavy atom. The van der Waals surface area contributed by atoms with Crippen LogP contribution in [0.1, 0.15) is 6.92 Å². The number of ether oxygens (including phenoxy) is 1. The molecule has 0 atom stereocenters. The van der Waals surface area contributed by atoms with Crippen LogP contribution in [0.5, 0.6) is 5.75 Å². The number of nitrogens with zero attached hydrogens (tertiary/aromatic N) is 2. The molecule has 1 fully saturated rings. The minimum Gasteiger partial charge on any atom is -0.492 e. The lowest BCUT2D eigenvalue weighted by atomic mass is 10.2. The molecule has 1 aliphatic heterocycles. The molecule has 1 aliphatic rings. The van der Waals surface area contributed by atoms with E-state index in [1.54, 1.807) is 4.90 Å². The van der Waals surface area contributed by atoms with Gasteiger partial charge in [0, 0.05) is 26.2 Å². The predicted molar refractivity (Wildman–Crippen MR) is 103 cm³/mol. The van der Waals surface area contributed by atoms with E-state index in [0.717, 1.165) is 24.5 Å². The molecule has 1 saturated heterocycles. The molecule has 0 radical (unpaired) electrons. The van der Waals surface area contributed by atoms with Crippen LogP contribution in [-0.4, -0.2) is 62.6 Å². The normalized spacial score (nSPS) is 13.4. The summed E-state index contributed by atoms with van der Waals surface area (Å²) in [5, 5.41) is 2.51. The number of piperazine rings is 1. The van der Waals surface area contributed by atoms with Crippen LogP contribution >= 0.6 is 24.8 Å². The standard InChI is InChI=1S/C16H24N4O3.2ClH/c1-2-23-14-6-4-3-5-13(14)19-7-9-20(10-8-19)16(22)12-18-15(21)11-17;;/h3-6H,2,7-12,17H2,1H3,(H,18,21);2*1H. The highest BCUT2D eigenvalue weighted by Crippen LogP contribution is 2.28. The summed E-state index contributed by atoms with van der Waals surface area (Å²) in [5.41, 5.74) is 6.26. The lowest BCUT2D eigenvalue weighted by Crippen LogP contribution is -2.51. The first-order valence-electron chi connectivity index (χ1n) is 7.87. The van der Waals surface area contributed by atoms with Crippen molar-refractivity contribution in [2.75, 3.05) is 50.8 Å². The molecule has 2 rings (SSSR count). The maximum atomic E-state index is 12.1. The van der Waals surface area contributed by atoms with Crippen molar-refractivity contribution in [1.29, 1.82) is 0 Å². The van der Waals surface area contributed by atoms with Gasteiger partial charge in [-0.15, -0.1) is 24.8 Å². The smallest absolute Gasteiger partial charge is 0.242 e. The van der Waals surface area contributed by atoms with Crippen molar-refractivity contribution in [1.82, 2.24) is 10.2 Å². The number of benzene rings is 1. The number of hydrogen-bond donors (Lipinski definition) is 2. The Labute approximate surface area is 160 Å². The fourth-order valence-corrected chi connectivity index (χ4v) is 2.55. The van der Waals surface area contributed by atoms with Crippen LogP contribution in [0.2, 0.25) is 0 Å². The van der Waals surface area contributed by atoms with Gasteiger partial charge in [-0.05, 0) is 19.1 Å². The molecule has 1 aromatic carbocycles. The topological polar surface area (TPSA) is 87.9 Å². The quantitative estimate of drug-likeness (QED) is 0.741. The first-order chi connectivity index (χ1) is 11.2. The van der Waals surface area contributed by atoms with Gasteiger partial charge >= 0.3 is 0 Å². The molecule has 2 amide bonds. The molecule has 25 heavy (non-hydrogen) atoms. The molecule has 0 aromatic heterocycles. The molecule has 142 valence electrons. The third-order valence-electron chi connectivity index (χ3n) is 3.76. The molecule has 1 aromatic rings. The van der Waals surface area contributed by atoms with E-state index in [1.807, 2.05) is 31.2 Å². The Morgan fingerprint density at radius 2 is 1.80 bits per heavy atom. The van der Waals surface area contributed by atoms with Crippen molar-refractivity contribution in [2.45, 2.75) is 6.92 Å². The number of carbonyl (C=O) groups excluding carboxylic acids is 2. The molecule has 7 nitrogen and oxygen atoms in total. The van der Waals surface area contributed by atoms with E-state index in [9.17, 15) is 9.59 Å². The number of carbonyl (C=O) groups is 2. The number of hydrogen-bond acceptors (Lipinski definition) is 5. The Balaban J connectivity index is 0.00000288. The summed E-state index contributed by atoms with van der Waals surface area (Å²) >= 11 is 0. The van der Waals surface area contributed by atoms with Gasteiger partial charge in [0.25, 0.3) is 0 Å². The molecule has 9 heteroatoms. The summed E-state index contributed by atoms with van der Waals surface area (Å²) in [6, 6.07) is 7.93. The average molecular weight is 393 g/mol. The van der Waals surface area contributed by atoms with E-state index < -0.39 is 0 Å². The largest absolute Gasteiger partial charge is 0.492 e. The summed E-state index contributed by atoms with van der Waals surface area (Å²) in [7, 11) is 0. The number of anilines is 1. The molecular weight excluding hydrogens is 367 g/mol. The van der Waals surface area contributed by atoms with Crippen LogP contribution in [-0.2, 0) is 9.59 Å². The Kier molecular flexibility index (Phi) is 11.0. The number of rotatable bonds is 6. The van der Waals surface area contributed by atoms with E-state index in [0.29, 0.717) is 19.7 Å². The number of halogens is 2. The van der Waals surface area contributed by atoms with Crippen molar-refractivity contribution >= 4 is 42.3 Å². The number of para-hydroxylation sites is 2. The van der Waals surface area contributed by atoms with E-state index >= 15 is 0 Å². The second-order valence-electron chi connectivity index (χ2n) is 5.25. The zero-order chi connectivity index (χ0) is 16.7. The first-order valence-corrected chi connectivity index (χ1v) is 7.87. The Hall–Kier alpha value is -1.70. The zero-order valence-corrected chi connectivity index (χ0v) is 15.9. The van der Waals surface area contributed by atoms with E-state index in [1.165, 1.54) is 0 Å². The van der Waals surface area contributed by atoms with Gasteiger partial charge in [-0.3, -0.25) is 9.59 Å². The maximum Gasteiger partial charge on any atom is 0.242 e. The Morgan fingerprint density at radius 1 is 1.16 bits per heavy atom. The minimum absolute atomic E-state index is 0. The highest BCUT2D eigenvalue weighted by Gasteiger charge is 2.22. The van der Waals surface area contributed by atoms with Gasteiger partial charge in [0.05, 0.1) is 25.4 Å². The minimum atomic E-state index is -0.317. The van der Waals surface area contributed by atoms with Crippen molar-refractivity contribution in [3.8, 4) is 5.75 Å². The van der Waals surface area contributed by atoms with Crippen LogP contribution < -0.4 is 20.7 Å². The van der Waals surface area contributed by atoms with Crippen LogP contribution in [0.25, 0.3) is 0 Å². The highest BCUT2D eigenvalue weighted by molar-refractivity contribution is 5.86. The molecule has 0 saturated carbocycles. The number of nitrogens with two attached hydrogens (primary N) is 1. The van der Waals surface area contributed by atoms with Gasteiger partial charge in [-0.1, -0.05) is 12.1 Å². The third-order valence-corrected chi connectivity index (χ3v) is 3.76. The van der Waals surface area contributed by atoms with Crippen LogP contribution in [0.3, 0.4) is 0 Å². The molecule has 0 unspecified atom stereocenters. The molecule has 0 bridgehead atoms. The van der Waals surface area contributed by atoms with Crippen LogP contribution in [0.15, 0.2) is 24.3 Å². The van der Waals surface area contributed by atoms with E-state index in [4.69, 9.17) is 10.5 Å². The summed E-state index contributed by atoms with van der Waals surface area (Å²) in [4.78, 5) is 27.1. The second kappa shape index (κ2) is 11.8.